The largest absolute Gasteiger partial charge is 0.489 e. The van der Waals surface area contributed by atoms with E-state index in [1.807, 2.05) is 44.2 Å². The van der Waals surface area contributed by atoms with Crippen molar-refractivity contribution in [1.82, 2.24) is 4.98 Å². The fraction of sp³-hybridized carbons (Fsp3) is 0.486. The van der Waals surface area contributed by atoms with Crippen molar-refractivity contribution in [2.75, 3.05) is 13.1 Å². The predicted molar refractivity (Wildman–Crippen MR) is 187 cm³/mol. The van der Waals surface area contributed by atoms with Crippen LogP contribution >= 0.6 is 12.4 Å². The molecule has 2 aromatic carbocycles. The van der Waals surface area contributed by atoms with Crippen LogP contribution in [0.25, 0.3) is 0 Å². The molecular formula is C37H50ClN5O2. The Morgan fingerprint density at radius 1 is 0.667 bits per heavy atom. The number of aromatic nitrogens is 1. The molecule has 2 saturated carbocycles. The van der Waals surface area contributed by atoms with Crippen LogP contribution < -0.4 is 20.9 Å². The number of nitrogens with zero attached hydrogens (tertiary/aromatic N) is 3. The Hall–Kier alpha value is -3.58. The van der Waals surface area contributed by atoms with Crippen molar-refractivity contribution < 1.29 is 9.47 Å². The lowest BCUT2D eigenvalue weighted by Gasteiger charge is -2.23. The van der Waals surface area contributed by atoms with Crippen molar-refractivity contribution >= 4 is 24.1 Å². The third-order valence-electron chi connectivity index (χ3n) is 8.86. The van der Waals surface area contributed by atoms with E-state index in [0.717, 1.165) is 11.5 Å². The zero-order valence-electron chi connectivity index (χ0n) is 26.9. The van der Waals surface area contributed by atoms with Crippen molar-refractivity contribution in [2.45, 2.75) is 102 Å². The number of hydrogen-bond acceptors (Lipinski definition) is 5. The summed E-state index contributed by atoms with van der Waals surface area (Å²) in [5.74, 6) is 3.75. The van der Waals surface area contributed by atoms with Crippen LogP contribution in [0.4, 0.5) is 0 Å². The Morgan fingerprint density at radius 3 is 1.49 bits per heavy atom. The summed E-state index contributed by atoms with van der Waals surface area (Å²) in [5, 5.41) is 0. The number of benzene rings is 2. The fourth-order valence-electron chi connectivity index (χ4n) is 6.43. The minimum Gasteiger partial charge on any atom is -0.489 e. The molecule has 7 nitrogen and oxygen atoms in total. The molecule has 1 heterocycles. The molecule has 2 fully saturated rings. The van der Waals surface area contributed by atoms with E-state index in [1.54, 1.807) is 0 Å². The fourth-order valence-corrected chi connectivity index (χ4v) is 6.43. The third kappa shape index (κ3) is 10.2. The first-order valence-electron chi connectivity index (χ1n) is 16.6. The number of rotatable bonds is 12. The van der Waals surface area contributed by atoms with Crippen LogP contribution in [0.1, 0.15) is 112 Å². The summed E-state index contributed by atoms with van der Waals surface area (Å²) in [5.41, 5.74) is 16.6. The lowest BCUT2D eigenvalue weighted by atomic mass is 9.84. The maximum Gasteiger partial charge on any atom is 0.144 e. The summed E-state index contributed by atoms with van der Waals surface area (Å²) in [6.07, 6.45) is 12.8. The Labute approximate surface area is 275 Å². The van der Waals surface area contributed by atoms with E-state index >= 15 is 0 Å². The topological polar surface area (TPSA) is 108 Å². The molecule has 3 aromatic rings. The quantitative estimate of drug-likeness (QED) is 0.156. The maximum absolute atomic E-state index is 6.33. The van der Waals surface area contributed by atoms with Crippen molar-refractivity contribution in [3.05, 3.63) is 89.2 Å². The molecule has 0 amide bonds. The van der Waals surface area contributed by atoms with Crippen LogP contribution in [0.2, 0.25) is 0 Å². The highest BCUT2D eigenvalue weighted by Gasteiger charge is 2.18. The summed E-state index contributed by atoms with van der Waals surface area (Å²) >= 11 is 0. The molecule has 8 heteroatoms. The second-order valence-corrected chi connectivity index (χ2v) is 12.5. The van der Waals surface area contributed by atoms with Gasteiger partial charge in [-0.25, -0.2) is 4.98 Å². The van der Waals surface area contributed by atoms with E-state index in [-0.39, 0.29) is 24.6 Å². The molecule has 1 aromatic heterocycles. The van der Waals surface area contributed by atoms with Gasteiger partial charge in [-0.05, 0) is 98.9 Å². The highest BCUT2D eigenvalue weighted by Crippen LogP contribution is 2.35. The van der Waals surface area contributed by atoms with E-state index in [0.29, 0.717) is 48.0 Å². The van der Waals surface area contributed by atoms with Gasteiger partial charge in [0.25, 0.3) is 0 Å². The first-order chi connectivity index (χ1) is 21.4. The summed E-state index contributed by atoms with van der Waals surface area (Å²) < 4.78 is 12.4. The van der Waals surface area contributed by atoms with Crippen molar-refractivity contribution in [3.63, 3.8) is 0 Å². The minimum atomic E-state index is -0.130. The first-order valence-corrected chi connectivity index (χ1v) is 16.6. The number of ether oxygens (including phenoxy) is 2. The Morgan fingerprint density at radius 2 is 1.07 bits per heavy atom. The highest BCUT2D eigenvalue weighted by atomic mass is 35.5. The van der Waals surface area contributed by atoms with Gasteiger partial charge in [0.15, 0.2) is 0 Å². The van der Waals surface area contributed by atoms with Crippen LogP contribution in [-0.4, -0.2) is 42.0 Å². The van der Waals surface area contributed by atoms with Crippen molar-refractivity contribution in [3.8, 4) is 11.5 Å². The first kappa shape index (κ1) is 34.3. The second-order valence-electron chi connectivity index (χ2n) is 12.5. The monoisotopic (exact) mass is 631 g/mol. The van der Waals surface area contributed by atoms with E-state index in [4.69, 9.17) is 20.9 Å². The molecular weight excluding hydrogens is 582 g/mol. The average Bonchev–Trinajstić information content (AvgIpc) is 3.07. The molecule has 2 aliphatic rings. The molecule has 45 heavy (non-hydrogen) atoms. The van der Waals surface area contributed by atoms with Gasteiger partial charge in [-0.15, -0.1) is 12.4 Å². The van der Waals surface area contributed by atoms with Crippen molar-refractivity contribution in [1.29, 1.82) is 0 Å². The molecule has 2 unspecified atom stereocenters. The average molecular weight is 632 g/mol. The highest BCUT2D eigenvalue weighted by molar-refractivity contribution is 5.99. The van der Waals surface area contributed by atoms with Gasteiger partial charge in [0.05, 0.1) is 13.1 Å². The SMILES string of the molecule is CC(CN=C(N)c1cccc(C(N)=NCC(C)Oc2cccc(C3CCCCC3)c2)n1)Oc1cccc(C2CCCCC2)c1.Cl. The van der Waals surface area contributed by atoms with Gasteiger partial charge in [0.2, 0.25) is 0 Å². The normalized spacial score (nSPS) is 18.1. The molecule has 0 saturated heterocycles. The zero-order valence-corrected chi connectivity index (χ0v) is 27.7. The maximum atomic E-state index is 6.33. The molecule has 4 N–H and O–H groups in total. The molecule has 2 atom stereocenters. The van der Waals surface area contributed by atoms with E-state index in [1.165, 1.54) is 75.3 Å². The number of halogens is 1. The third-order valence-corrected chi connectivity index (χ3v) is 8.86. The lowest BCUT2D eigenvalue weighted by Crippen LogP contribution is -2.24. The Balaban J connectivity index is 0.00000461. The smallest absolute Gasteiger partial charge is 0.144 e. The summed E-state index contributed by atoms with van der Waals surface area (Å²) in [7, 11) is 0. The standard InChI is InChI=1S/C37H49N5O2.ClH/c1-26(43-32-18-9-16-30(22-32)28-12-5-3-6-13-28)24-40-36(38)34-20-11-21-35(42-34)37(39)41-25-27(2)44-33-19-10-17-31(23-33)29-14-7-4-8-15-29;/h9-11,16-23,26-29H,3-8,12-15,24-25H2,1-2H3,(H2,38,40)(H2,39,41);1H. The van der Waals surface area contributed by atoms with Gasteiger partial charge in [-0.2, -0.15) is 0 Å². The van der Waals surface area contributed by atoms with Gasteiger partial charge < -0.3 is 20.9 Å². The molecule has 2 aliphatic carbocycles. The van der Waals surface area contributed by atoms with Crippen LogP contribution in [0.5, 0.6) is 11.5 Å². The molecule has 0 spiro atoms. The number of pyridine rings is 1. The summed E-state index contributed by atoms with van der Waals surface area (Å²) in [6.45, 7) is 4.86. The molecule has 0 radical (unpaired) electrons. The molecule has 0 bridgehead atoms. The number of aliphatic imine (C=N–C) groups is 2. The van der Waals surface area contributed by atoms with Gasteiger partial charge >= 0.3 is 0 Å². The van der Waals surface area contributed by atoms with E-state index in [9.17, 15) is 0 Å². The summed E-state index contributed by atoms with van der Waals surface area (Å²) in [6, 6.07) is 22.6. The lowest BCUT2D eigenvalue weighted by molar-refractivity contribution is 0.230. The van der Waals surface area contributed by atoms with Gasteiger partial charge in [0, 0.05) is 0 Å². The van der Waals surface area contributed by atoms with Crippen LogP contribution in [0, 0.1) is 0 Å². The Kier molecular flexibility index (Phi) is 13.1. The van der Waals surface area contributed by atoms with Crippen LogP contribution in [0.3, 0.4) is 0 Å². The van der Waals surface area contributed by atoms with Crippen LogP contribution in [-0.2, 0) is 0 Å². The van der Waals surface area contributed by atoms with E-state index < -0.39 is 0 Å². The van der Waals surface area contributed by atoms with Crippen molar-refractivity contribution in [2.24, 2.45) is 21.5 Å². The summed E-state index contributed by atoms with van der Waals surface area (Å²) in [4.78, 5) is 13.8. The minimum absolute atomic E-state index is 0. The van der Waals surface area contributed by atoms with Gasteiger partial charge in [-0.1, -0.05) is 68.9 Å². The number of nitrogens with two attached hydrogens (primary N) is 2. The Bertz CT molecular complexity index is 1310. The van der Waals surface area contributed by atoms with Gasteiger partial charge in [-0.3, -0.25) is 9.98 Å². The number of amidine groups is 2. The molecule has 242 valence electrons. The van der Waals surface area contributed by atoms with Crippen LogP contribution in [0.15, 0.2) is 76.7 Å². The number of hydrogen-bond donors (Lipinski definition) is 2. The predicted octanol–water partition coefficient (Wildman–Crippen LogP) is 7.94. The van der Waals surface area contributed by atoms with Gasteiger partial charge in [0.1, 0.15) is 46.8 Å². The zero-order chi connectivity index (χ0) is 30.7. The second kappa shape index (κ2) is 17.2. The molecule has 0 aliphatic heterocycles. The van der Waals surface area contributed by atoms with E-state index in [2.05, 4.69) is 51.4 Å². The molecule has 5 rings (SSSR count).